The number of nitrogens with two attached hydrogens (primary N) is 1. The third-order valence-corrected chi connectivity index (χ3v) is 6.84. The van der Waals surface area contributed by atoms with Crippen molar-refractivity contribution in [2.75, 3.05) is 32.8 Å². The number of benzene rings is 2. The van der Waals surface area contributed by atoms with Crippen LogP contribution in [0.1, 0.15) is 26.5 Å². The van der Waals surface area contributed by atoms with E-state index in [1.807, 2.05) is 24.3 Å². The van der Waals surface area contributed by atoms with Gasteiger partial charge in [0.2, 0.25) is 5.88 Å². The second-order valence-electron chi connectivity index (χ2n) is 9.70. The maximum atomic E-state index is 13.8. The molecule has 0 radical (unpaired) electrons. The lowest BCUT2D eigenvalue weighted by atomic mass is 10.2. The number of fused-ring (bicyclic) bond motifs is 1. The molecule has 2 aromatic carbocycles. The summed E-state index contributed by atoms with van der Waals surface area (Å²) in [7, 11) is 1.80. The standard InChI is InChI=1S/C29H28F3N5O4/c1-35-23-7-3-2-5-21(23)26(41-24-8-4-6-22(34-24)27(33)38)25(35)28(39)37-15-13-36(14-16-37)17-19-9-11-20(12-10-19)40-18-29(30,31)32/h2-12H,13-18H2,1H3,(H2,33,38). The van der Waals surface area contributed by atoms with Gasteiger partial charge in [-0.3, -0.25) is 14.5 Å². The van der Waals surface area contributed by atoms with Crippen LogP contribution < -0.4 is 15.2 Å². The van der Waals surface area contributed by atoms with Crippen LogP contribution >= 0.6 is 0 Å². The third kappa shape index (κ3) is 6.43. The summed E-state index contributed by atoms with van der Waals surface area (Å²) in [6.45, 7) is 1.43. The van der Waals surface area contributed by atoms with Gasteiger partial charge in [0, 0.05) is 51.2 Å². The summed E-state index contributed by atoms with van der Waals surface area (Å²) in [5.74, 6) is -0.237. The van der Waals surface area contributed by atoms with Gasteiger partial charge in [-0.1, -0.05) is 30.3 Å². The highest BCUT2D eigenvalue weighted by molar-refractivity contribution is 6.04. The van der Waals surface area contributed by atoms with E-state index in [9.17, 15) is 22.8 Å². The van der Waals surface area contributed by atoms with Gasteiger partial charge in [0.1, 0.15) is 11.4 Å². The van der Waals surface area contributed by atoms with E-state index in [1.54, 1.807) is 40.8 Å². The number of nitrogens with zero attached hydrogens (tertiary/aromatic N) is 4. The number of hydrogen-bond donors (Lipinski definition) is 1. The summed E-state index contributed by atoms with van der Waals surface area (Å²) >= 11 is 0. The highest BCUT2D eigenvalue weighted by Crippen LogP contribution is 2.36. The Hall–Kier alpha value is -4.58. The minimum Gasteiger partial charge on any atom is -0.484 e. The zero-order chi connectivity index (χ0) is 29.1. The van der Waals surface area contributed by atoms with E-state index in [-0.39, 0.29) is 23.2 Å². The van der Waals surface area contributed by atoms with Crippen LogP contribution in [0, 0.1) is 0 Å². The Morgan fingerprint density at radius 2 is 1.66 bits per heavy atom. The lowest BCUT2D eigenvalue weighted by Crippen LogP contribution is -2.48. The maximum Gasteiger partial charge on any atom is 0.422 e. The lowest BCUT2D eigenvalue weighted by Gasteiger charge is -2.35. The molecule has 2 aromatic heterocycles. The molecule has 41 heavy (non-hydrogen) atoms. The van der Waals surface area contributed by atoms with Crippen molar-refractivity contribution < 1.29 is 32.2 Å². The number of piperazine rings is 1. The van der Waals surface area contributed by atoms with E-state index in [0.717, 1.165) is 16.5 Å². The van der Waals surface area contributed by atoms with Crippen LogP contribution in [-0.4, -0.2) is 70.1 Å². The smallest absolute Gasteiger partial charge is 0.422 e. The fourth-order valence-corrected chi connectivity index (χ4v) is 4.79. The Morgan fingerprint density at radius 1 is 0.951 bits per heavy atom. The average molecular weight is 568 g/mol. The van der Waals surface area contributed by atoms with E-state index >= 15 is 0 Å². The highest BCUT2D eigenvalue weighted by Gasteiger charge is 2.30. The third-order valence-electron chi connectivity index (χ3n) is 6.84. The molecule has 0 atom stereocenters. The van der Waals surface area contributed by atoms with Crippen molar-refractivity contribution in [3.63, 3.8) is 0 Å². The van der Waals surface area contributed by atoms with E-state index in [2.05, 4.69) is 9.88 Å². The number of aromatic nitrogens is 2. The topological polar surface area (TPSA) is 103 Å². The molecule has 1 aliphatic heterocycles. The number of halogens is 3. The van der Waals surface area contributed by atoms with Crippen LogP contribution in [0.3, 0.4) is 0 Å². The van der Waals surface area contributed by atoms with Crippen molar-refractivity contribution >= 4 is 22.7 Å². The monoisotopic (exact) mass is 567 g/mol. The average Bonchev–Trinajstić information content (AvgIpc) is 3.23. The van der Waals surface area contributed by atoms with Crippen LogP contribution in [-0.2, 0) is 13.6 Å². The van der Waals surface area contributed by atoms with E-state index < -0.39 is 18.7 Å². The van der Waals surface area contributed by atoms with Crippen LogP contribution in [0.15, 0.2) is 66.7 Å². The normalized spacial score (nSPS) is 14.3. The van der Waals surface area contributed by atoms with Crippen molar-refractivity contribution in [1.82, 2.24) is 19.4 Å². The summed E-state index contributed by atoms with van der Waals surface area (Å²) in [6, 6.07) is 18.7. The zero-order valence-corrected chi connectivity index (χ0v) is 22.2. The number of hydrogen-bond acceptors (Lipinski definition) is 6. The van der Waals surface area contributed by atoms with Gasteiger partial charge in [-0.05, 0) is 35.9 Å². The molecule has 0 bridgehead atoms. The molecule has 214 valence electrons. The van der Waals surface area contributed by atoms with E-state index in [0.29, 0.717) is 44.2 Å². The molecule has 3 heterocycles. The molecule has 0 saturated carbocycles. The number of carbonyl (C=O) groups is 2. The van der Waals surface area contributed by atoms with Crippen LogP contribution in [0.5, 0.6) is 17.4 Å². The quantitative estimate of drug-likeness (QED) is 0.340. The molecule has 0 aliphatic carbocycles. The number of para-hydroxylation sites is 1. The first-order valence-electron chi connectivity index (χ1n) is 12.9. The van der Waals surface area contributed by atoms with Gasteiger partial charge < -0.3 is 24.7 Å². The molecule has 0 spiro atoms. The van der Waals surface area contributed by atoms with E-state index in [4.69, 9.17) is 15.2 Å². The number of carbonyl (C=O) groups excluding carboxylic acids is 2. The number of aryl methyl sites for hydroxylation is 1. The first kappa shape index (κ1) is 28.0. The summed E-state index contributed by atoms with van der Waals surface area (Å²) < 4.78 is 49.8. The Morgan fingerprint density at radius 3 is 2.34 bits per heavy atom. The molecule has 5 rings (SSSR count). The van der Waals surface area contributed by atoms with Gasteiger partial charge in [-0.15, -0.1) is 0 Å². The minimum absolute atomic E-state index is 0.0511. The molecule has 1 fully saturated rings. The van der Waals surface area contributed by atoms with Gasteiger partial charge in [0.15, 0.2) is 18.1 Å². The van der Waals surface area contributed by atoms with Crippen LogP contribution in [0.2, 0.25) is 0 Å². The molecule has 4 aromatic rings. The Kier molecular flexibility index (Phi) is 7.84. The lowest BCUT2D eigenvalue weighted by molar-refractivity contribution is -0.153. The van der Waals surface area contributed by atoms with Crippen molar-refractivity contribution in [2.45, 2.75) is 12.7 Å². The number of primary amides is 1. The van der Waals surface area contributed by atoms with Gasteiger partial charge in [0.05, 0.1) is 5.52 Å². The SMILES string of the molecule is Cn1c(C(=O)N2CCN(Cc3ccc(OCC(F)(F)F)cc3)CC2)c(Oc2cccc(C(N)=O)n2)c2ccccc21. The predicted octanol–water partition coefficient (Wildman–Crippen LogP) is 4.36. The Balaban J connectivity index is 1.28. The number of ether oxygens (including phenoxy) is 2. The molecule has 1 aliphatic rings. The highest BCUT2D eigenvalue weighted by atomic mass is 19.4. The van der Waals surface area contributed by atoms with Gasteiger partial charge in [0.25, 0.3) is 11.8 Å². The summed E-state index contributed by atoms with van der Waals surface area (Å²) in [4.78, 5) is 33.6. The maximum absolute atomic E-state index is 13.8. The first-order valence-corrected chi connectivity index (χ1v) is 12.9. The molecule has 9 nitrogen and oxygen atoms in total. The van der Waals surface area contributed by atoms with Crippen molar-refractivity contribution in [2.24, 2.45) is 12.8 Å². The van der Waals surface area contributed by atoms with Gasteiger partial charge in [-0.25, -0.2) is 4.98 Å². The van der Waals surface area contributed by atoms with E-state index in [1.165, 1.54) is 18.2 Å². The van der Waals surface area contributed by atoms with Crippen LogP contribution in [0.4, 0.5) is 13.2 Å². The van der Waals surface area contributed by atoms with Gasteiger partial charge >= 0.3 is 6.18 Å². The molecule has 0 unspecified atom stereocenters. The minimum atomic E-state index is -4.39. The molecule has 12 heteroatoms. The Labute approximate surface area is 233 Å². The largest absolute Gasteiger partial charge is 0.484 e. The summed E-state index contributed by atoms with van der Waals surface area (Å²) in [5.41, 5.74) is 7.52. The summed E-state index contributed by atoms with van der Waals surface area (Å²) in [6.07, 6.45) is -4.39. The van der Waals surface area contributed by atoms with Crippen molar-refractivity contribution in [3.8, 4) is 17.4 Å². The molecular weight excluding hydrogens is 539 g/mol. The number of rotatable bonds is 8. The first-order chi connectivity index (χ1) is 19.6. The molecule has 2 amide bonds. The van der Waals surface area contributed by atoms with Crippen LogP contribution in [0.25, 0.3) is 10.9 Å². The fourth-order valence-electron chi connectivity index (χ4n) is 4.79. The second-order valence-corrected chi connectivity index (χ2v) is 9.70. The molecular formula is C29H28F3N5O4. The summed E-state index contributed by atoms with van der Waals surface area (Å²) in [5, 5.41) is 0.728. The van der Waals surface area contributed by atoms with Gasteiger partial charge in [-0.2, -0.15) is 13.2 Å². The fraction of sp³-hybridized carbons (Fsp3) is 0.276. The van der Waals surface area contributed by atoms with Crippen molar-refractivity contribution in [3.05, 3.63) is 83.7 Å². The number of amides is 2. The van der Waals surface area contributed by atoms with Crippen molar-refractivity contribution in [1.29, 1.82) is 0 Å². The number of alkyl halides is 3. The molecule has 2 N–H and O–H groups in total. The zero-order valence-electron chi connectivity index (χ0n) is 22.2. The number of pyridine rings is 1. The Bertz CT molecular complexity index is 1560. The molecule has 1 saturated heterocycles. The second kappa shape index (κ2) is 11.5. The predicted molar refractivity (Wildman–Crippen MR) is 145 cm³/mol.